The number of carbonyl (C=O) groups excluding carboxylic acids is 1. The van der Waals surface area contributed by atoms with Crippen molar-refractivity contribution in [1.29, 1.82) is 0 Å². The van der Waals surface area contributed by atoms with Crippen molar-refractivity contribution in [3.8, 4) is 0 Å². The monoisotopic (exact) mass is 272 g/mol. The first-order chi connectivity index (χ1) is 9.70. The van der Waals surface area contributed by atoms with Crippen molar-refractivity contribution in [3.63, 3.8) is 0 Å². The Labute approximate surface area is 121 Å². The number of nitrogens with one attached hydrogen (secondary N) is 2. The molecule has 1 saturated heterocycles. The molecule has 3 nitrogen and oxygen atoms in total. The average Bonchev–Trinajstić information content (AvgIpc) is 2.48. The fraction of sp³-hybridized carbons (Fsp3) is 0.471. The second-order valence-corrected chi connectivity index (χ2v) is 5.55. The molecule has 0 aliphatic carbocycles. The van der Waals surface area contributed by atoms with Gasteiger partial charge in [-0.1, -0.05) is 18.2 Å². The molecule has 1 atom stereocenters. The Morgan fingerprint density at radius 3 is 2.65 bits per heavy atom. The molecule has 0 aromatic heterocycles. The summed E-state index contributed by atoms with van der Waals surface area (Å²) in [6.45, 7) is 7.86. The van der Waals surface area contributed by atoms with Crippen molar-refractivity contribution in [2.45, 2.75) is 38.1 Å². The first-order valence-corrected chi connectivity index (χ1v) is 7.43. The van der Waals surface area contributed by atoms with Crippen molar-refractivity contribution in [2.24, 2.45) is 0 Å². The first-order valence-electron chi connectivity index (χ1n) is 7.43. The van der Waals surface area contributed by atoms with Crippen molar-refractivity contribution >= 4 is 5.91 Å². The molecule has 1 unspecified atom stereocenters. The summed E-state index contributed by atoms with van der Waals surface area (Å²) in [7, 11) is 0. The van der Waals surface area contributed by atoms with Crippen molar-refractivity contribution in [3.05, 3.63) is 48.0 Å². The van der Waals surface area contributed by atoms with E-state index in [0.717, 1.165) is 25.1 Å². The third-order valence-corrected chi connectivity index (χ3v) is 3.88. The van der Waals surface area contributed by atoms with Crippen LogP contribution in [-0.4, -0.2) is 25.0 Å². The summed E-state index contributed by atoms with van der Waals surface area (Å²) in [5.74, 6) is 0.629. The molecule has 108 valence electrons. The van der Waals surface area contributed by atoms with Crippen molar-refractivity contribution < 1.29 is 4.79 Å². The summed E-state index contributed by atoms with van der Waals surface area (Å²) >= 11 is 0. The average molecular weight is 272 g/mol. The van der Waals surface area contributed by atoms with Crippen LogP contribution in [0.2, 0.25) is 0 Å². The van der Waals surface area contributed by atoms with E-state index in [1.54, 1.807) is 0 Å². The Morgan fingerprint density at radius 1 is 1.40 bits per heavy atom. The standard InChI is InChI=1S/C17H24N2O/c1-3-4-13(2)19-17(20)16-7-5-14(6-8-16)15-9-11-18-12-10-15/h3,5-8,13,15,18H,1,4,9-12H2,2H3,(H,19,20). The predicted octanol–water partition coefficient (Wildman–Crippen LogP) is 2.85. The molecule has 1 fully saturated rings. The van der Waals surface area contributed by atoms with Gasteiger partial charge < -0.3 is 10.6 Å². The van der Waals surface area contributed by atoms with E-state index in [2.05, 4.69) is 29.3 Å². The lowest BCUT2D eigenvalue weighted by molar-refractivity contribution is 0.0940. The fourth-order valence-electron chi connectivity index (χ4n) is 2.68. The van der Waals surface area contributed by atoms with Gasteiger partial charge in [0.2, 0.25) is 0 Å². The zero-order valence-electron chi connectivity index (χ0n) is 12.2. The molecule has 2 rings (SSSR count). The number of amides is 1. The van der Waals surface area contributed by atoms with E-state index in [0.29, 0.717) is 5.92 Å². The third-order valence-electron chi connectivity index (χ3n) is 3.88. The van der Waals surface area contributed by atoms with Crippen LogP contribution in [0.25, 0.3) is 0 Å². The zero-order chi connectivity index (χ0) is 14.4. The molecule has 2 N–H and O–H groups in total. The summed E-state index contributed by atoms with van der Waals surface area (Å²) in [6, 6.07) is 8.20. The molecular weight excluding hydrogens is 248 g/mol. The highest BCUT2D eigenvalue weighted by Gasteiger charge is 2.15. The molecule has 1 heterocycles. The third kappa shape index (κ3) is 3.94. The molecule has 0 saturated carbocycles. The van der Waals surface area contributed by atoms with Crippen LogP contribution in [0.15, 0.2) is 36.9 Å². The van der Waals surface area contributed by atoms with E-state index in [1.165, 1.54) is 18.4 Å². The highest BCUT2D eigenvalue weighted by atomic mass is 16.1. The van der Waals surface area contributed by atoms with Gasteiger partial charge in [-0.05, 0) is 62.9 Å². The Balaban J connectivity index is 1.96. The first kappa shape index (κ1) is 14.8. The Kier molecular flexibility index (Phi) is 5.36. The molecular formula is C17H24N2O. The number of hydrogen-bond donors (Lipinski definition) is 2. The molecule has 1 amide bonds. The normalized spacial score (nSPS) is 17.4. The van der Waals surface area contributed by atoms with Gasteiger partial charge in [-0.15, -0.1) is 6.58 Å². The highest BCUT2D eigenvalue weighted by Crippen LogP contribution is 2.25. The lowest BCUT2D eigenvalue weighted by atomic mass is 9.90. The summed E-state index contributed by atoms with van der Waals surface area (Å²) in [5, 5.41) is 6.35. The highest BCUT2D eigenvalue weighted by molar-refractivity contribution is 5.94. The molecule has 0 radical (unpaired) electrons. The molecule has 1 aliphatic rings. The maximum absolute atomic E-state index is 12.1. The molecule has 1 aromatic rings. The quantitative estimate of drug-likeness (QED) is 0.809. The topological polar surface area (TPSA) is 41.1 Å². The SMILES string of the molecule is C=CCC(C)NC(=O)c1ccc(C2CCNCC2)cc1. The number of piperidine rings is 1. The molecule has 0 bridgehead atoms. The van der Waals surface area contributed by atoms with Crippen LogP contribution in [0.3, 0.4) is 0 Å². The second kappa shape index (κ2) is 7.25. The van der Waals surface area contributed by atoms with E-state index >= 15 is 0 Å². The van der Waals surface area contributed by atoms with E-state index < -0.39 is 0 Å². The molecule has 1 aromatic carbocycles. The van der Waals surface area contributed by atoms with E-state index in [-0.39, 0.29) is 11.9 Å². The van der Waals surface area contributed by atoms with Crippen LogP contribution >= 0.6 is 0 Å². The van der Waals surface area contributed by atoms with Crippen LogP contribution in [0.4, 0.5) is 0 Å². The lowest BCUT2D eigenvalue weighted by Crippen LogP contribution is -2.32. The van der Waals surface area contributed by atoms with Gasteiger partial charge in [0.25, 0.3) is 5.91 Å². The van der Waals surface area contributed by atoms with Crippen molar-refractivity contribution in [2.75, 3.05) is 13.1 Å². The van der Waals surface area contributed by atoms with Gasteiger partial charge in [0.1, 0.15) is 0 Å². The van der Waals surface area contributed by atoms with Gasteiger partial charge in [-0.25, -0.2) is 0 Å². The largest absolute Gasteiger partial charge is 0.349 e. The number of carbonyl (C=O) groups is 1. The smallest absolute Gasteiger partial charge is 0.251 e. The van der Waals surface area contributed by atoms with Gasteiger partial charge in [-0.3, -0.25) is 4.79 Å². The summed E-state index contributed by atoms with van der Waals surface area (Å²) in [5.41, 5.74) is 2.08. The van der Waals surface area contributed by atoms with Crippen LogP contribution in [0, 0.1) is 0 Å². The van der Waals surface area contributed by atoms with Gasteiger partial charge in [-0.2, -0.15) is 0 Å². The lowest BCUT2D eigenvalue weighted by Gasteiger charge is -2.23. The van der Waals surface area contributed by atoms with Crippen LogP contribution in [0.5, 0.6) is 0 Å². The van der Waals surface area contributed by atoms with Crippen molar-refractivity contribution in [1.82, 2.24) is 10.6 Å². The van der Waals surface area contributed by atoms with Crippen LogP contribution < -0.4 is 10.6 Å². The molecule has 3 heteroatoms. The second-order valence-electron chi connectivity index (χ2n) is 5.55. The fourth-order valence-corrected chi connectivity index (χ4v) is 2.68. The Bertz CT molecular complexity index is 447. The zero-order valence-corrected chi connectivity index (χ0v) is 12.2. The summed E-state index contributed by atoms with van der Waals surface area (Å²) in [4.78, 5) is 12.1. The van der Waals surface area contributed by atoms with Gasteiger partial charge in [0, 0.05) is 11.6 Å². The van der Waals surface area contributed by atoms with Gasteiger partial charge in [0.05, 0.1) is 0 Å². The molecule has 0 spiro atoms. The van der Waals surface area contributed by atoms with Gasteiger partial charge in [0.15, 0.2) is 0 Å². The summed E-state index contributed by atoms with van der Waals surface area (Å²) in [6.07, 6.45) is 4.98. The number of benzene rings is 1. The molecule has 1 aliphatic heterocycles. The number of hydrogen-bond acceptors (Lipinski definition) is 2. The minimum Gasteiger partial charge on any atom is -0.349 e. The van der Waals surface area contributed by atoms with E-state index in [9.17, 15) is 4.79 Å². The predicted molar refractivity (Wildman–Crippen MR) is 83.0 cm³/mol. The molecule has 20 heavy (non-hydrogen) atoms. The van der Waals surface area contributed by atoms with Crippen LogP contribution in [0.1, 0.15) is 48.0 Å². The summed E-state index contributed by atoms with van der Waals surface area (Å²) < 4.78 is 0. The Morgan fingerprint density at radius 2 is 2.05 bits per heavy atom. The van der Waals surface area contributed by atoms with E-state index in [4.69, 9.17) is 0 Å². The van der Waals surface area contributed by atoms with E-state index in [1.807, 2.05) is 25.1 Å². The number of rotatable bonds is 5. The Hall–Kier alpha value is -1.61. The van der Waals surface area contributed by atoms with Crippen LogP contribution in [-0.2, 0) is 0 Å². The minimum atomic E-state index is -0.00351. The maximum Gasteiger partial charge on any atom is 0.251 e. The minimum absolute atomic E-state index is 0.00351. The van der Waals surface area contributed by atoms with Gasteiger partial charge >= 0.3 is 0 Å². The maximum atomic E-state index is 12.1.